The second-order valence-corrected chi connectivity index (χ2v) is 8.34. The molecular weight excluding hydrogens is 332 g/mol. The maximum Gasteiger partial charge on any atom is 0.255 e. The highest BCUT2D eigenvalue weighted by Gasteiger charge is 2.25. The van der Waals surface area contributed by atoms with Crippen LogP contribution in [0.25, 0.3) is 0 Å². The number of fused-ring (bicyclic) bond motifs is 1. The number of H-pyrrole nitrogens is 1. The van der Waals surface area contributed by atoms with E-state index >= 15 is 0 Å². The molecule has 0 spiro atoms. The molecule has 0 saturated carbocycles. The number of piperidine rings is 1. The number of hydrogen-bond donors (Lipinski definition) is 1. The number of thiophene rings is 1. The van der Waals surface area contributed by atoms with Crippen molar-refractivity contribution >= 4 is 17.3 Å². The minimum Gasteiger partial charge on any atom is -0.340 e. The molecular formula is C19H26N4OS. The van der Waals surface area contributed by atoms with E-state index in [1.165, 1.54) is 29.7 Å². The van der Waals surface area contributed by atoms with E-state index in [2.05, 4.69) is 40.1 Å². The molecule has 4 rings (SSSR count). The van der Waals surface area contributed by atoms with Gasteiger partial charge < -0.3 is 4.90 Å². The Kier molecular flexibility index (Phi) is 4.65. The van der Waals surface area contributed by atoms with Gasteiger partial charge in [-0.05, 0) is 56.5 Å². The average molecular weight is 359 g/mol. The topological polar surface area (TPSA) is 52.2 Å². The quantitative estimate of drug-likeness (QED) is 0.916. The zero-order valence-electron chi connectivity index (χ0n) is 15.0. The fourth-order valence-electron chi connectivity index (χ4n) is 3.93. The SMILES string of the molecule is Cc1ccsc1CN1CCc2c(nc(N3CCCC[C@H]3C)[nH]c2=O)C1. The Balaban J connectivity index is 1.58. The smallest absolute Gasteiger partial charge is 0.255 e. The monoisotopic (exact) mass is 358 g/mol. The van der Waals surface area contributed by atoms with E-state index in [0.717, 1.165) is 49.8 Å². The van der Waals surface area contributed by atoms with Gasteiger partial charge in [0.05, 0.1) is 5.69 Å². The molecule has 2 aromatic heterocycles. The predicted octanol–water partition coefficient (Wildman–Crippen LogP) is 3.08. The molecule has 2 aromatic rings. The van der Waals surface area contributed by atoms with Crippen molar-refractivity contribution in [3.63, 3.8) is 0 Å². The lowest BCUT2D eigenvalue weighted by molar-refractivity contribution is 0.242. The third kappa shape index (κ3) is 3.37. The second-order valence-electron chi connectivity index (χ2n) is 7.34. The van der Waals surface area contributed by atoms with Gasteiger partial charge in [-0.25, -0.2) is 4.98 Å². The van der Waals surface area contributed by atoms with E-state index in [1.54, 1.807) is 0 Å². The molecule has 1 N–H and O–H groups in total. The summed E-state index contributed by atoms with van der Waals surface area (Å²) in [6.07, 6.45) is 4.40. The van der Waals surface area contributed by atoms with Crippen molar-refractivity contribution < 1.29 is 0 Å². The van der Waals surface area contributed by atoms with Crippen molar-refractivity contribution in [2.75, 3.05) is 18.0 Å². The van der Waals surface area contributed by atoms with Gasteiger partial charge in [-0.15, -0.1) is 11.3 Å². The molecule has 134 valence electrons. The molecule has 1 atom stereocenters. The van der Waals surface area contributed by atoms with Crippen molar-refractivity contribution in [1.29, 1.82) is 0 Å². The molecule has 4 heterocycles. The van der Waals surface area contributed by atoms with Crippen LogP contribution >= 0.6 is 11.3 Å². The van der Waals surface area contributed by atoms with Gasteiger partial charge in [-0.1, -0.05) is 0 Å². The lowest BCUT2D eigenvalue weighted by atomic mass is 10.0. The zero-order chi connectivity index (χ0) is 17.4. The second kappa shape index (κ2) is 6.92. The maximum absolute atomic E-state index is 12.6. The molecule has 1 fully saturated rings. The number of aryl methyl sites for hydroxylation is 1. The Labute approximate surface area is 152 Å². The summed E-state index contributed by atoms with van der Waals surface area (Å²) in [6.45, 7) is 8.03. The minimum absolute atomic E-state index is 0.0599. The van der Waals surface area contributed by atoms with Crippen LogP contribution in [0.1, 0.15) is 47.9 Å². The predicted molar refractivity (Wildman–Crippen MR) is 102 cm³/mol. The van der Waals surface area contributed by atoms with Gasteiger partial charge >= 0.3 is 0 Å². The first-order chi connectivity index (χ1) is 12.1. The first-order valence-electron chi connectivity index (χ1n) is 9.26. The number of rotatable bonds is 3. The van der Waals surface area contributed by atoms with Crippen LogP contribution in [0.3, 0.4) is 0 Å². The van der Waals surface area contributed by atoms with E-state index in [4.69, 9.17) is 4.98 Å². The summed E-state index contributed by atoms with van der Waals surface area (Å²) in [4.78, 5) is 26.6. The van der Waals surface area contributed by atoms with Crippen molar-refractivity contribution in [3.8, 4) is 0 Å². The van der Waals surface area contributed by atoms with Gasteiger partial charge in [-0.3, -0.25) is 14.7 Å². The van der Waals surface area contributed by atoms with Gasteiger partial charge in [0, 0.05) is 42.7 Å². The first kappa shape index (κ1) is 16.8. The van der Waals surface area contributed by atoms with Crippen molar-refractivity contribution in [1.82, 2.24) is 14.9 Å². The fourth-order valence-corrected chi connectivity index (χ4v) is 4.88. The molecule has 0 unspecified atom stereocenters. The number of anilines is 1. The lowest BCUT2D eigenvalue weighted by Gasteiger charge is -2.35. The number of hydrogen-bond acceptors (Lipinski definition) is 5. The van der Waals surface area contributed by atoms with E-state index in [1.807, 2.05) is 11.3 Å². The standard InChI is InChI=1S/C19H26N4OS/c1-13-7-10-25-17(13)12-22-9-6-15-16(11-22)20-19(21-18(15)24)23-8-4-3-5-14(23)2/h7,10,14H,3-6,8-9,11-12H2,1-2H3,(H,20,21,24)/t14-/m1/s1. The first-order valence-corrected chi connectivity index (χ1v) is 10.1. The Morgan fingerprint density at radius 2 is 2.24 bits per heavy atom. The molecule has 2 aliphatic heterocycles. The van der Waals surface area contributed by atoms with Gasteiger partial charge in [0.15, 0.2) is 0 Å². The molecule has 25 heavy (non-hydrogen) atoms. The van der Waals surface area contributed by atoms with Crippen LogP contribution in [0.4, 0.5) is 5.95 Å². The number of nitrogens with one attached hydrogen (secondary N) is 1. The Morgan fingerprint density at radius 1 is 1.36 bits per heavy atom. The van der Waals surface area contributed by atoms with Crippen LogP contribution in [-0.4, -0.2) is 34.0 Å². The normalized spacial score (nSPS) is 21.4. The summed E-state index contributed by atoms with van der Waals surface area (Å²) in [5.74, 6) is 0.769. The highest BCUT2D eigenvalue weighted by Crippen LogP contribution is 2.25. The third-order valence-corrected chi connectivity index (χ3v) is 6.56. The summed E-state index contributed by atoms with van der Waals surface area (Å²) >= 11 is 1.82. The Morgan fingerprint density at radius 3 is 3.00 bits per heavy atom. The molecule has 2 aliphatic rings. The summed E-state index contributed by atoms with van der Waals surface area (Å²) in [7, 11) is 0. The molecule has 5 nitrogen and oxygen atoms in total. The van der Waals surface area contributed by atoms with Crippen LogP contribution in [0, 0.1) is 6.92 Å². The molecule has 0 amide bonds. The third-order valence-electron chi connectivity index (χ3n) is 5.55. The number of aromatic amines is 1. The van der Waals surface area contributed by atoms with Crippen molar-refractivity contribution in [2.24, 2.45) is 0 Å². The maximum atomic E-state index is 12.6. The zero-order valence-corrected chi connectivity index (χ0v) is 15.9. The largest absolute Gasteiger partial charge is 0.340 e. The van der Waals surface area contributed by atoms with Gasteiger partial charge in [0.1, 0.15) is 0 Å². The molecule has 0 bridgehead atoms. The highest BCUT2D eigenvalue weighted by molar-refractivity contribution is 7.10. The molecule has 0 radical (unpaired) electrons. The highest BCUT2D eigenvalue weighted by atomic mass is 32.1. The van der Waals surface area contributed by atoms with Crippen LogP contribution in [-0.2, 0) is 19.5 Å². The van der Waals surface area contributed by atoms with Crippen LogP contribution in [0.5, 0.6) is 0 Å². The Bertz CT molecular complexity index is 812. The Hall–Kier alpha value is -1.66. The average Bonchev–Trinajstić information content (AvgIpc) is 3.00. The van der Waals surface area contributed by atoms with Crippen LogP contribution < -0.4 is 10.5 Å². The molecule has 0 aromatic carbocycles. The molecule has 0 aliphatic carbocycles. The summed E-state index contributed by atoms with van der Waals surface area (Å²) in [6, 6.07) is 2.62. The summed E-state index contributed by atoms with van der Waals surface area (Å²) in [5, 5.41) is 2.15. The van der Waals surface area contributed by atoms with Crippen LogP contribution in [0.15, 0.2) is 16.2 Å². The summed E-state index contributed by atoms with van der Waals surface area (Å²) < 4.78 is 0. The molecule has 1 saturated heterocycles. The van der Waals surface area contributed by atoms with E-state index in [9.17, 15) is 4.79 Å². The number of aromatic nitrogens is 2. The molecule has 6 heteroatoms. The van der Waals surface area contributed by atoms with Gasteiger partial charge in [0.25, 0.3) is 5.56 Å². The van der Waals surface area contributed by atoms with Gasteiger partial charge in [0.2, 0.25) is 5.95 Å². The van der Waals surface area contributed by atoms with Crippen LogP contribution in [0.2, 0.25) is 0 Å². The van der Waals surface area contributed by atoms with E-state index in [-0.39, 0.29) is 5.56 Å². The number of nitrogens with zero attached hydrogens (tertiary/aromatic N) is 3. The summed E-state index contributed by atoms with van der Waals surface area (Å²) in [5.41, 5.74) is 3.27. The van der Waals surface area contributed by atoms with E-state index in [0.29, 0.717) is 6.04 Å². The van der Waals surface area contributed by atoms with E-state index < -0.39 is 0 Å². The fraction of sp³-hybridized carbons (Fsp3) is 0.579. The van der Waals surface area contributed by atoms with Crippen molar-refractivity contribution in [3.05, 3.63) is 43.5 Å². The van der Waals surface area contributed by atoms with Gasteiger partial charge in [-0.2, -0.15) is 0 Å². The lowest BCUT2D eigenvalue weighted by Crippen LogP contribution is -2.41. The minimum atomic E-state index is 0.0599. The van der Waals surface area contributed by atoms with Crippen molar-refractivity contribution in [2.45, 2.75) is 58.7 Å².